The highest BCUT2D eigenvalue weighted by molar-refractivity contribution is 6.36. The van der Waals surface area contributed by atoms with Crippen molar-refractivity contribution in [2.24, 2.45) is 0 Å². The molecule has 0 amide bonds. The van der Waals surface area contributed by atoms with Crippen molar-refractivity contribution >= 4 is 23.4 Å². The Kier molecular flexibility index (Phi) is 5.82. The molecule has 1 rings (SSSR count). The Morgan fingerprint density at radius 1 is 1.25 bits per heavy atom. The van der Waals surface area contributed by atoms with E-state index in [0.29, 0.717) is 18.6 Å². The van der Waals surface area contributed by atoms with Crippen LogP contribution in [0.25, 0.3) is 0 Å². The van der Waals surface area contributed by atoms with Crippen LogP contribution in [0.1, 0.15) is 30.6 Å². The lowest BCUT2D eigenvalue weighted by molar-refractivity contribution is -0.138. The Morgan fingerprint density at radius 3 is 2.40 bits per heavy atom. The summed E-state index contributed by atoms with van der Waals surface area (Å²) < 4.78 is 30.9. The number of hydrogen-bond donors (Lipinski definition) is 0. The van der Waals surface area contributed by atoms with Crippen LogP contribution in [0.5, 0.6) is 0 Å². The minimum Gasteiger partial charge on any atom is -0.462 e. The van der Waals surface area contributed by atoms with Gasteiger partial charge >= 0.3 is 5.97 Å². The van der Waals surface area contributed by atoms with E-state index in [1.807, 2.05) is 0 Å². The van der Waals surface area contributed by atoms with Gasteiger partial charge in [0, 0.05) is 5.56 Å². The van der Waals surface area contributed by atoms with E-state index in [1.165, 1.54) is 6.08 Å². The van der Waals surface area contributed by atoms with E-state index in [0.717, 1.165) is 0 Å². The van der Waals surface area contributed by atoms with E-state index in [2.05, 4.69) is 0 Å². The summed E-state index contributed by atoms with van der Waals surface area (Å²) in [6, 6.07) is 1.36. The van der Waals surface area contributed by atoms with E-state index in [9.17, 15) is 18.4 Å². The Labute approximate surface area is 120 Å². The summed E-state index contributed by atoms with van der Waals surface area (Å²) in [6.07, 6.45) is 1.76. The van der Waals surface area contributed by atoms with Crippen molar-refractivity contribution in [3.05, 3.63) is 46.0 Å². The van der Waals surface area contributed by atoms with E-state index in [1.54, 1.807) is 13.8 Å². The molecule has 0 N–H and O–H groups in total. The van der Waals surface area contributed by atoms with Crippen LogP contribution in [0.15, 0.2) is 23.8 Å². The first-order valence-electron chi connectivity index (χ1n) is 5.98. The Morgan fingerprint density at radius 2 is 1.85 bits per heavy atom. The van der Waals surface area contributed by atoms with Gasteiger partial charge in [-0.15, -0.1) is 0 Å². The summed E-state index contributed by atoms with van der Waals surface area (Å²) in [6.45, 7) is 3.41. The molecule has 20 heavy (non-hydrogen) atoms. The first kappa shape index (κ1) is 16.3. The van der Waals surface area contributed by atoms with Gasteiger partial charge < -0.3 is 4.74 Å². The van der Waals surface area contributed by atoms with Crippen LogP contribution in [-0.2, 0) is 9.53 Å². The van der Waals surface area contributed by atoms with E-state index >= 15 is 0 Å². The Bertz CT molecular complexity index is 568. The monoisotopic (exact) mass is 302 g/mol. The fourth-order valence-electron chi connectivity index (χ4n) is 1.52. The van der Waals surface area contributed by atoms with Crippen molar-refractivity contribution in [2.45, 2.75) is 20.3 Å². The van der Waals surface area contributed by atoms with Crippen LogP contribution in [-0.4, -0.2) is 18.4 Å². The number of ketones is 1. The largest absolute Gasteiger partial charge is 0.462 e. The second-order valence-electron chi connectivity index (χ2n) is 3.82. The van der Waals surface area contributed by atoms with Gasteiger partial charge in [-0.3, -0.25) is 4.79 Å². The van der Waals surface area contributed by atoms with Gasteiger partial charge in [-0.25, -0.2) is 13.6 Å². The van der Waals surface area contributed by atoms with Crippen molar-refractivity contribution < 1.29 is 23.1 Å². The van der Waals surface area contributed by atoms with Crippen LogP contribution in [0.2, 0.25) is 5.02 Å². The zero-order chi connectivity index (χ0) is 15.3. The molecule has 0 unspecified atom stereocenters. The molecule has 3 nitrogen and oxygen atoms in total. The number of benzene rings is 1. The normalized spacial score (nSPS) is 11.3. The van der Waals surface area contributed by atoms with Crippen LogP contribution in [0, 0.1) is 11.6 Å². The number of hydrogen-bond acceptors (Lipinski definition) is 3. The fraction of sp³-hybridized carbons (Fsp3) is 0.286. The molecule has 1 aromatic rings. The molecule has 6 heteroatoms. The average molecular weight is 303 g/mol. The number of ether oxygens (including phenoxy) is 1. The fourth-order valence-corrected chi connectivity index (χ4v) is 1.76. The van der Waals surface area contributed by atoms with Gasteiger partial charge in [0.1, 0.15) is 5.57 Å². The van der Waals surface area contributed by atoms with E-state index in [-0.39, 0.29) is 22.8 Å². The van der Waals surface area contributed by atoms with Gasteiger partial charge in [-0.2, -0.15) is 0 Å². The number of carbonyl (C=O) groups is 2. The number of allylic oxidation sites excluding steroid dienone is 1. The maximum absolute atomic E-state index is 13.2. The molecule has 0 aliphatic heterocycles. The maximum atomic E-state index is 13.2. The quantitative estimate of drug-likeness (QED) is 0.208. The van der Waals surface area contributed by atoms with Gasteiger partial charge in [0.2, 0.25) is 5.78 Å². The van der Waals surface area contributed by atoms with Crippen molar-refractivity contribution in [2.75, 3.05) is 6.61 Å². The summed E-state index contributed by atoms with van der Waals surface area (Å²) in [4.78, 5) is 23.9. The topological polar surface area (TPSA) is 43.4 Å². The number of halogens is 3. The molecule has 0 fully saturated rings. The summed E-state index contributed by atoms with van der Waals surface area (Å²) in [7, 11) is 0. The van der Waals surface area contributed by atoms with E-state index in [4.69, 9.17) is 16.3 Å². The summed E-state index contributed by atoms with van der Waals surface area (Å²) in [5.41, 5.74) is -0.527. The van der Waals surface area contributed by atoms with Gasteiger partial charge in [-0.1, -0.05) is 24.6 Å². The SMILES string of the molecule is CCC=C(C(=O)OCC)C(=O)c1cc(F)c(F)cc1Cl. The van der Waals surface area contributed by atoms with Gasteiger partial charge in [0.25, 0.3) is 0 Å². The minimum atomic E-state index is -1.21. The van der Waals surface area contributed by atoms with Crippen LogP contribution in [0.3, 0.4) is 0 Å². The van der Waals surface area contributed by atoms with E-state index < -0.39 is 23.4 Å². The lowest BCUT2D eigenvalue weighted by Gasteiger charge is -2.08. The number of Topliss-reactive ketones (excluding diaryl/α,β-unsaturated/α-hetero) is 1. The Hall–Kier alpha value is -1.75. The van der Waals surface area contributed by atoms with Gasteiger partial charge in [0.15, 0.2) is 11.6 Å². The molecule has 1 aromatic carbocycles. The highest BCUT2D eigenvalue weighted by atomic mass is 35.5. The second-order valence-corrected chi connectivity index (χ2v) is 4.23. The number of esters is 1. The molecule has 0 atom stereocenters. The zero-order valence-corrected chi connectivity index (χ0v) is 11.8. The molecule has 0 radical (unpaired) electrons. The lowest BCUT2D eigenvalue weighted by Crippen LogP contribution is -2.17. The Balaban J connectivity index is 3.23. The second kappa shape index (κ2) is 7.14. The summed E-state index contributed by atoms with van der Waals surface area (Å²) in [5, 5.41) is -0.264. The van der Waals surface area contributed by atoms with Crippen LogP contribution in [0.4, 0.5) is 8.78 Å². The lowest BCUT2D eigenvalue weighted by atomic mass is 10.0. The molecule has 0 heterocycles. The molecule has 0 saturated carbocycles. The molecule has 108 valence electrons. The molecular formula is C14H13ClF2O3. The standard InChI is InChI=1S/C14H13ClF2O3/c1-3-5-8(14(19)20-4-2)13(18)9-6-11(16)12(17)7-10(9)15/h5-7H,3-4H2,1-2H3. The van der Waals surface area contributed by atoms with Crippen LogP contribution >= 0.6 is 11.6 Å². The summed E-state index contributed by atoms with van der Waals surface area (Å²) in [5.74, 6) is -3.99. The van der Waals surface area contributed by atoms with Crippen molar-refractivity contribution in [1.82, 2.24) is 0 Å². The van der Waals surface area contributed by atoms with Crippen molar-refractivity contribution in [1.29, 1.82) is 0 Å². The third-order valence-corrected chi connectivity index (χ3v) is 2.72. The predicted molar refractivity (Wildman–Crippen MR) is 70.7 cm³/mol. The van der Waals surface area contributed by atoms with Gasteiger partial charge in [0.05, 0.1) is 11.6 Å². The van der Waals surface area contributed by atoms with Crippen LogP contribution < -0.4 is 0 Å². The van der Waals surface area contributed by atoms with Crippen molar-refractivity contribution in [3.63, 3.8) is 0 Å². The predicted octanol–water partition coefficient (Wildman–Crippen LogP) is 3.70. The molecule has 0 bridgehead atoms. The summed E-state index contributed by atoms with van der Waals surface area (Å²) >= 11 is 5.72. The first-order chi connectivity index (χ1) is 9.42. The molecule has 0 aromatic heterocycles. The molecular weight excluding hydrogens is 290 g/mol. The molecule has 0 saturated heterocycles. The molecule has 0 aliphatic rings. The van der Waals surface area contributed by atoms with Gasteiger partial charge in [-0.05, 0) is 25.5 Å². The smallest absolute Gasteiger partial charge is 0.341 e. The van der Waals surface area contributed by atoms with Crippen molar-refractivity contribution in [3.8, 4) is 0 Å². The molecule has 0 spiro atoms. The number of rotatable bonds is 5. The zero-order valence-electron chi connectivity index (χ0n) is 11.0. The molecule has 0 aliphatic carbocycles. The highest BCUT2D eigenvalue weighted by Gasteiger charge is 2.24. The third kappa shape index (κ3) is 3.63. The highest BCUT2D eigenvalue weighted by Crippen LogP contribution is 2.23. The maximum Gasteiger partial charge on any atom is 0.341 e. The minimum absolute atomic E-state index is 0.0959. The average Bonchev–Trinajstić information content (AvgIpc) is 2.39. The third-order valence-electron chi connectivity index (χ3n) is 2.40. The number of carbonyl (C=O) groups excluding carboxylic acids is 2. The first-order valence-corrected chi connectivity index (χ1v) is 6.36.